The fourth-order valence-corrected chi connectivity index (χ4v) is 1.80. The second-order valence-electron chi connectivity index (χ2n) is 3.45. The lowest BCUT2D eigenvalue weighted by Crippen LogP contribution is -1.97. The quantitative estimate of drug-likeness (QED) is 0.480. The molecule has 1 aromatic carbocycles. The normalized spacial score (nSPS) is 10.2. The van der Waals surface area contributed by atoms with Crippen molar-refractivity contribution in [2.75, 3.05) is 0 Å². The van der Waals surface area contributed by atoms with Gasteiger partial charge in [-0.15, -0.1) is 0 Å². The van der Waals surface area contributed by atoms with Gasteiger partial charge in [0.05, 0.1) is 9.95 Å². The molecular weight excluding hydrogens is 337 g/mol. The number of hydrogen-bond acceptors (Lipinski definition) is 5. The molecular formula is C11H7BrClN3O3. The minimum absolute atomic E-state index is 0.000833. The molecule has 0 bridgehead atoms. The van der Waals surface area contributed by atoms with E-state index in [2.05, 4.69) is 25.9 Å². The van der Waals surface area contributed by atoms with E-state index in [0.717, 1.165) is 5.56 Å². The van der Waals surface area contributed by atoms with Gasteiger partial charge in [-0.1, -0.05) is 33.6 Å². The van der Waals surface area contributed by atoms with Crippen LogP contribution >= 0.6 is 27.5 Å². The van der Waals surface area contributed by atoms with E-state index >= 15 is 0 Å². The first-order valence-electron chi connectivity index (χ1n) is 5.09. The number of hydrogen-bond donors (Lipinski definition) is 0. The van der Waals surface area contributed by atoms with Crippen LogP contribution in [-0.2, 0) is 5.33 Å². The minimum Gasteiger partial charge on any atom is -0.415 e. The Labute approximate surface area is 121 Å². The lowest BCUT2D eigenvalue weighted by atomic mass is 10.3. The number of alkyl halides is 1. The van der Waals surface area contributed by atoms with Crippen LogP contribution in [0.4, 0.5) is 5.69 Å². The van der Waals surface area contributed by atoms with Crippen LogP contribution in [0.15, 0.2) is 30.6 Å². The van der Waals surface area contributed by atoms with Crippen molar-refractivity contribution in [3.8, 4) is 11.8 Å². The SMILES string of the molecule is O=[N+]([O-])c1cccc(Cl)c1Oc1ncc(CBr)cn1. The third-order valence-corrected chi connectivity index (χ3v) is 3.12. The summed E-state index contributed by atoms with van der Waals surface area (Å²) in [6.07, 6.45) is 3.11. The summed E-state index contributed by atoms with van der Waals surface area (Å²) in [5.41, 5.74) is 0.627. The minimum atomic E-state index is -0.575. The second-order valence-corrected chi connectivity index (χ2v) is 4.42. The van der Waals surface area contributed by atoms with Crippen molar-refractivity contribution in [1.82, 2.24) is 9.97 Å². The molecule has 0 aliphatic carbocycles. The Bertz CT molecular complexity index is 607. The van der Waals surface area contributed by atoms with E-state index in [-0.39, 0.29) is 22.5 Å². The van der Waals surface area contributed by atoms with Crippen molar-refractivity contribution in [2.24, 2.45) is 0 Å². The summed E-state index contributed by atoms with van der Waals surface area (Å²) in [5.74, 6) is -0.0687. The number of nitro benzene ring substituents is 1. The summed E-state index contributed by atoms with van der Waals surface area (Å²) in [6, 6.07) is 4.27. The maximum atomic E-state index is 10.9. The molecule has 0 spiro atoms. The third-order valence-electron chi connectivity index (χ3n) is 2.17. The molecule has 0 fully saturated rings. The Morgan fingerprint density at radius 1 is 1.37 bits per heavy atom. The van der Waals surface area contributed by atoms with E-state index in [0.29, 0.717) is 5.33 Å². The van der Waals surface area contributed by atoms with Gasteiger partial charge >= 0.3 is 11.7 Å². The number of para-hydroxylation sites is 1. The van der Waals surface area contributed by atoms with Crippen LogP contribution < -0.4 is 4.74 Å². The van der Waals surface area contributed by atoms with Crippen molar-refractivity contribution in [3.63, 3.8) is 0 Å². The Morgan fingerprint density at radius 3 is 2.63 bits per heavy atom. The fourth-order valence-electron chi connectivity index (χ4n) is 1.30. The van der Waals surface area contributed by atoms with Crippen LogP contribution in [0.2, 0.25) is 5.02 Å². The van der Waals surface area contributed by atoms with E-state index in [4.69, 9.17) is 16.3 Å². The molecule has 0 N–H and O–H groups in total. The number of aromatic nitrogens is 2. The van der Waals surface area contributed by atoms with Gasteiger partial charge in [0.1, 0.15) is 0 Å². The van der Waals surface area contributed by atoms with Crippen molar-refractivity contribution >= 4 is 33.2 Å². The van der Waals surface area contributed by atoms with Gasteiger partial charge in [0, 0.05) is 23.8 Å². The lowest BCUT2D eigenvalue weighted by Gasteiger charge is -2.06. The fraction of sp³-hybridized carbons (Fsp3) is 0.0909. The smallest absolute Gasteiger partial charge is 0.322 e. The maximum absolute atomic E-state index is 10.9. The molecule has 0 radical (unpaired) electrons. The summed E-state index contributed by atoms with van der Waals surface area (Å²) < 4.78 is 5.29. The highest BCUT2D eigenvalue weighted by Gasteiger charge is 2.19. The zero-order valence-electron chi connectivity index (χ0n) is 9.42. The maximum Gasteiger partial charge on any atom is 0.322 e. The molecule has 2 aromatic rings. The predicted molar refractivity (Wildman–Crippen MR) is 72.8 cm³/mol. The molecule has 0 atom stereocenters. The van der Waals surface area contributed by atoms with Crippen molar-refractivity contribution in [3.05, 3.63) is 51.3 Å². The van der Waals surface area contributed by atoms with E-state index < -0.39 is 4.92 Å². The van der Waals surface area contributed by atoms with Crippen LogP contribution in [0.25, 0.3) is 0 Å². The van der Waals surface area contributed by atoms with Crippen LogP contribution in [0, 0.1) is 10.1 Å². The standard InChI is InChI=1S/C11H7BrClN3O3/c12-4-7-5-14-11(15-6-7)19-10-8(13)2-1-3-9(10)16(17)18/h1-3,5-6H,4H2. The van der Waals surface area contributed by atoms with Crippen molar-refractivity contribution in [1.29, 1.82) is 0 Å². The number of benzene rings is 1. The average Bonchev–Trinajstić information content (AvgIpc) is 2.41. The molecule has 1 heterocycles. The Hall–Kier alpha value is -1.73. The number of ether oxygens (including phenoxy) is 1. The van der Waals surface area contributed by atoms with Gasteiger partial charge in [0.15, 0.2) is 0 Å². The number of halogens is 2. The van der Waals surface area contributed by atoms with Crippen LogP contribution in [-0.4, -0.2) is 14.9 Å². The highest BCUT2D eigenvalue weighted by molar-refractivity contribution is 9.08. The van der Waals surface area contributed by atoms with Gasteiger partial charge in [-0.05, 0) is 11.6 Å². The van der Waals surface area contributed by atoms with E-state index in [9.17, 15) is 10.1 Å². The summed E-state index contributed by atoms with van der Waals surface area (Å²) in [6.45, 7) is 0. The molecule has 0 saturated heterocycles. The topological polar surface area (TPSA) is 78.2 Å². The molecule has 1 aromatic heterocycles. The summed E-state index contributed by atoms with van der Waals surface area (Å²) in [7, 11) is 0. The zero-order chi connectivity index (χ0) is 13.8. The van der Waals surface area contributed by atoms with E-state index in [1.807, 2.05) is 0 Å². The first-order valence-corrected chi connectivity index (χ1v) is 6.59. The Balaban J connectivity index is 2.34. The van der Waals surface area contributed by atoms with Gasteiger partial charge in [-0.3, -0.25) is 10.1 Å². The summed E-state index contributed by atoms with van der Waals surface area (Å²) in [4.78, 5) is 18.2. The van der Waals surface area contributed by atoms with E-state index in [1.54, 1.807) is 12.4 Å². The first-order chi connectivity index (χ1) is 9.11. The summed E-state index contributed by atoms with van der Waals surface area (Å²) in [5, 5.41) is 11.6. The van der Waals surface area contributed by atoms with Crippen molar-refractivity contribution < 1.29 is 9.66 Å². The molecule has 6 nitrogen and oxygen atoms in total. The molecule has 0 aliphatic heterocycles. The average molecular weight is 345 g/mol. The zero-order valence-corrected chi connectivity index (χ0v) is 11.8. The first kappa shape index (κ1) is 13.7. The molecule has 0 amide bonds. The Kier molecular flexibility index (Phi) is 4.28. The molecule has 0 saturated carbocycles. The molecule has 8 heteroatoms. The van der Waals surface area contributed by atoms with Crippen LogP contribution in [0.5, 0.6) is 11.8 Å². The van der Waals surface area contributed by atoms with Crippen molar-refractivity contribution in [2.45, 2.75) is 5.33 Å². The molecule has 19 heavy (non-hydrogen) atoms. The highest BCUT2D eigenvalue weighted by Crippen LogP contribution is 2.36. The van der Waals surface area contributed by atoms with Crippen LogP contribution in [0.1, 0.15) is 5.56 Å². The second kappa shape index (κ2) is 5.94. The van der Waals surface area contributed by atoms with Gasteiger partial charge in [-0.25, -0.2) is 9.97 Å². The molecule has 98 valence electrons. The number of rotatable bonds is 4. The molecule has 2 rings (SSSR count). The number of nitrogens with zero attached hydrogens (tertiary/aromatic N) is 3. The van der Waals surface area contributed by atoms with Gasteiger partial charge in [-0.2, -0.15) is 0 Å². The molecule has 0 aliphatic rings. The predicted octanol–water partition coefficient (Wildman–Crippen LogP) is 3.73. The highest BCUT2D eigenvalue weighted by atomic mass is 79.9. The Morgan fingerprint density at radius 2 is 2.05 bits per heavy atom. The summed E-state index contributed by atoms with van der Waals surface area (Å²) >= 11 is 9.15. The molecule has 0 unspecified atom stereocenters. The largest absolute Gasteiger partial charge is 0.415 e. The monoisotopic (exact) mass is 343 g/mol. The van der Waals surface area contributed by atoms with Gasteiger partial charge < -0.3 is 4.74 Å². The van der Waals surface area contributed by atoms with Crippen LogP contribution in [0.3, 0.4) is 0 Å². The third kappa shape index (κ3) is 3.18. The van der Waals surface area contributed by atoms with Gasteiger partial charge in [0.25, 0.3) is 0 Å². The lowest BCUT2D eigenvalue weighted by molar-refractivity contribution is -0.385. The van der Waals surface area contributed by atoms with Gasteiger partial charge in [0.2, 0.25) is 5.75 Å². The number of nitro groups is 1. The van der Waals surface area contributed by atoms with E-state index in [1.165, 1.54) is 18.2 Å².